The van der Waals surface area contributed by atoms with E-state index in [1.807, 2.05) is 0 Å². The van der Waals surface area contributed by atoms with Crippen LogP contribution in [0.2, 0.25) is 20.1 Å². The number of benzene rings is 2. The second-order valence-corrected chi connectivity index (χ2v) is 7.12. The SMILES string of the molecule is O=C(O)Cc1c(Cl)cc(Sc2cc(Cl)cc(Cl)c2O)c(O)c1Cl. The highest BCUT2D eigenvalue weighted by Crippen LogP contribution is 2.47. The van der Waals surface area contributed by atoms with Crippen molar-refractivity contribution in [2.75, 3.05) is 0 Å². The fourth-order valence-electron chi connectivity index (χ4n) is 1.76. The van der Waals surface area contributed by atoms with Gasteiger partial charge in [-0.1, -0.05) is 58.2 Å². The van der Waals surface area contributed by atoms with Gasteiger partial charge in [-0.15, -0.1) is 0 Å². The van der Waals surface area contributed by atoms with Crippen LogP contribution in [0.5, 0.6) is 11.5 Å². The molecule has 0 atom stereocenters. The predicted octanol–water partition coefficient (Wildman–Crippen LogP) is 5.49. The molecule has 0 aliphatic carbocycles. The molecular formula is C14H8Cl4O4S. The van der Waals surface area contributed by atoms with Gasteiger partial charge in [0.2, 0.25) is 0 Å². The highest BCUT2D eigenvalue weighted by Gasteiger charge is 2.20. The van der Waals surface area contributed by atoms with Crippen molar-refractivity contribution >= 4 is 64.1 Å². The summed E-state index contributed by atoms with van der Waals surface area (Å²) in [5, 5.41) is 29.2. The molecule has 23 heavy (non-hydrogen) atoms. The topological polar surface area (TPSA) is 77.8 Å². The minimum absolute atomic E-state index is 0.0548. The van der Waals surface area contributed by atoms with Gasteiger partial charge in [0, 0.05) is 15.6 Å². The number of hydrogen-bond acceptors (Lipinski definition) is 4. The molecule has 0 spiro atoms. The molecule has 0 aliphatic heterocycles. The fourth-order valence-corrected chi connectivity index (χ4v) is 4.09. The van der Waals surface area contributed by atoms with Gasteiger partial charge in [0.15, 0.2) is 0 Å². The number of carbonyl (C=O) groups is 1. The first kappa shape index (κ1) is 18.4. The van der Waals surface area contributed by atoms with E-state index in [9.17, 15) is 15.0 Å². The van der Waals surface area contributed by atoms with Crippen molar-refractivity contribution in [2.24, 2.45) is 0 Å². The molecule has 0 heterocycles. The van der Waals surface area contributed by atoms with Crippen LogP contribution in [0.1, 0.15) is 5.56 Å². The Bertz CT molecular complexity index is 795. The summed E-state index contributed by atoms with van der Waals surface area (Å²) in [5.74, 6) is -1.68. The van der Waals surface area contributed by atoms with E-state index in [-0.39, 0.29) is 41.9 Å². The third-order valence-electron chi connectivity index (χ3n) is 2.79. The van der Waals surface area contributed by atoms with E-state index < -0.39 is 12.4 Å². The van der Waals surface area contributed by atoms with Crippen molar-refractivity contribution in [1.29, 1.82) is 0 Å². The molecule has 0 radical (unpaired) electrons. The van der Waals surface area contributed by atoms with Gasteiger partial charge in [-0.3, -0.25) is 4.79 Å². The molecule has 2 aromatic rings. The van der Waals surface area contributed by atoms with Crippen LogP contribution in [0.3, 0.4) is 0 Å². The number of halogens is 4. The molecule has 0 saturated carbocycles. The second kappa shape index (κ2) is 7.28. The number of carboxylic acids is 1. The number of rotatable bonds is 4. The van der Waals surface area contributed by atoms with Crippen molar-refractivity contribution in [3.05, 3.63) is 43.9 Å². The molecule has 0 fully saturated rings. The zero-order chi connectivity index (χ0) is 17.3. The van der Waals surface area contributed by atoms with Crippen LogP contribution in [-0.2, 0) is 11.2 Å². The first-order valence-electron chi connectivity index (χ1n) is 5.98. The Morgan fingerprint density at radius 2 is 1.57 bits per heavy atom. The lowest BCUT2D eigenvalue weighted by molar-refractivity contribution is -0.136. The van der Waals surface area contributed by atoms with Crippen molar-refractivity contribution < 1.29 is 20.1 Å². The molecule has 0 amide bonds. The van der Waals surface area contributed by atoms with E-state index in [4.69, 9.17) is 51.5 Å². The lowest BCUT2D eigenvalue weighted by atomic mass is 10.1. The summed E-state index contributed by atoms with van der Waals surface area (Å²) in [5.41, 5.74) is 0.107. The molecule has 4 nitrogen and oxygen atoms in total. The third kappa shape index (κ3) is 4.11. The van der Waals surface area contributed by atoms with E-state index in [2.05, 4.69) is 0 Å². The maximum atomic E-state index is 10.8. The van der Waals surface area contributed by atoms with Crippen LogP contribution in [0.4, 0.5) is 0 Å². The zero-order valence-electron chi connectivity index (χ0n) is 11.1. The summed E-state index contributed by atoms with van der Waals surface area (Å²) in [7, 11) is 0. The maximum absolute atomic E-state index is 10.8. The van der Waals surface area contributed by atoms with Crippen LogP contribution in [0.25, 0.3) is 0 Å². The third-order valence-corrected chi connectivity index (χ3v) is 5.11. The molecule has 0 saturated heterocycles. The number of phenols is 2. The standard InChI is InChI=1S/C14H8Cl4O4S/c15-5-1-8(17)13(21)9(2-5)23-10-4-7(16)6(3-11(19)20)12(18)14(10)22/h1-2,4,21-22H,3H2,(H,19,20). The normalized spacial score (nSPS) is 10.8. The Hall–Kier alpha value is -0.980. The average Bonchev–Trinajstić information content (AvgIpc) is 2.45. The highest BCUT2D eigenvalue weighted by atomic mass is 35.5. The summed E-state index contributed by atoms with van der Waals surface area (Å²) in [4.78, 5) is 11.3. The molecule has 0 aliphatic rings. The van der Waals surface area contributed by atoms with E-state index in [0.29, 0.717) is 5.02 Å². The molecule has 0 bridgehead atoms. The average molecular weight is 414 g/mol. The summed E-state index contributed by atoms with van der Waals surface area (Å²) in [6.45, 7) is 0. The van der Waals surface area contributed by atoms with Crippen molar-refractivity contribution in [1.82, 2.24) is 0 Å². The van der Waals surface area contributed by atoms with Crippen LogP contribution >= 0.6 is 58.2 Å². The number of aliphatic carboxylic acids is 1. The lowest BCUT2D eigenvalue weighted by Crippen LogP contribution is -2.02. The first-order valence-corrected chi connectivity index (χ1v) is 8.31. The number of carboxylic acid groups (broad SMARTS) is 1. The van der Waals surface area contributed by atoms with E-state index in [1.165, 1.54) is 18.2 Å². The Kier molecular flexibility index (Phi) is 5.81. The number of hydrogen-bond donors (Lipinski definition) is 3. The second-order valence-electron chi connectivity index (χ2n) is 4.40. The van der Waals surface area contributed by atoms with Crippen LogP contribution in [0.15, 0.2) is 28.0 Å². The molecule has 3 N–H and O–H groups in total. The van der Waals surface area contributed by atoms with E-state index >= 15 is 0 Å². The van der Waals surface area contributed by atoms with E-state index in [1.54, 1.807) is 0 Å². The maximum Gasteiger partial charge on any atom is 0.307 e. The Morgan fingerprint density at radius 1 is 0.957 bits per heavy atom. The molecular weight excluding hydrogens is 406 g/mol. The first-order chi connectivity index (χ1) is 10.7. The van der Waals surface area contributed by atoms with Gasteiger partial charge in [0.1, 0.15) is 11.5 Å². The lowest BCUT2D eigenvalue weighted by Gasteiger charge is -2.13. The van der Waals surface area contributed by atoms with Gasteiger partial charge in [0.25, 0.3) is 0 Å². The van der Waals surface area contributed by atoms with Gasteiger partial charge in [0.05, 0.1) is 26.3 Å². The van der Waals surface area contributed by atoms with Gasteiger partial charge < -0.3 is 15.3 Å². The molecule has 9 heteroatoms. The fraction of sp³-hybridized carbons (Fsp3) is 0.0714. The minimum Gasteiger partial charge on any atom is -0.505 e. The predicted molar refractivity (Wildman–Crippen MR) is 91.7 cm³/mol. The van der Waals surface area contributed by atoms with Crippen molar-refractivity contribution in [3.63, 3.8) is 0 Å². The van der Waals surface area contributed by atoms with Crippen LogP contribution in [-0.4, -0.2) is 21.3 Å². The van der Waals surface area contributed by atoms with Gasteiger partial charge in [-0.2, -0.15) is 0 Å². The largest absolute Gasteiger partial charge is 0.505 e. The molecule has 0 unspecified atom stereocenters. The van der Waals surface area contributed by atoms with Gasteiger partial charge in [-0.25, -0.2) is 0 Å². The Balaban J connectivity index is 2.48. The summed E-state index contributed by atoms with van der Waals surface area (Å²) >= 11 is 24.7. The summed E-state index contributed by atoms with van der Waals surface area (Å²) in [6, 6.07) is 4.19. The van der Waals surface area contributed by atoms with Gasteiger partial charge >= 0.3 is 5.97 Å². The minimum atomic E-state index is -1.13. The summed E-state index contributed by atoms with van der Waals surface area (Å²) in [6.07, 6.45) is -0.426. The smallest absolute Gasteiger partial charge is 0.307 e. The monoisotopic (exact) mass is 412 g/mol. The van der Waals surface area contributed by atoms with E-state index in [0.717, 1.165) is 11.8 Å². The van der Waals surface area contributed by atoms with Crippen LogP contribution in [0, 0.1) is 0 Å². The Labute approximate surface area is 155 Å². The Morgan fingerprint density at radius 3 is 2.17 bits per heavy atom. The molecule has 2 aromatic carbocycles. The molecule has 2 rings (SSSR count). The molecule has 122 valence electrons. The van der Waals surface area contributed by atoms with Gasteiger partial charge in [-0.05, 0) is 18.2 Å². The quantitative estimate of drug-likeness (QED) is 0.617. The summed E-state index contributed by atoms with van der Waals surface area (Å²) < 4.78 is 0. The number of aromatic hydroxyl groups is 2. The molecule has 0 aromatic heterocycles. The zero-order valence-corrected chi connectivity index (χ0v) is 14.9. The van der Waals surface area contributed by atoms with Crippen molar-refractivity contribution in [2.45, 2.75) is 16.2 Å². The highest BCUT2D eigenvalue weighted by molar-refractivity contribution is 7.99. The van der Waals surface area contributed by atoms with Crippen LogP contribution < -0.4 is 0 Å². The number of phenolic OH excluding ortho intramolecular Hbond substituents is 2. The van der Waals surface area contributed by atoms with Crippen molar-refractivity contribution in [3.8, 4) is 11.5 Å².